The van der Waals surface area contributed by atoms with Crippen molar-refractivity contribution in [2.75, 3.05) is 11.1 Å². The third-order valence-corrected chi connectivity index (χ3v) is 5.20. The van der Waals surface area contributed by atoms with Crippen LogP contribution in [0.5, 0.6) is 0 Å². The minimum absolute atomic E-state index is 0.152. The van der Waals surface area contributed by atoms with E-state index in [1.165, 1.54) is 23.9 Å². The fraction of sp³-hybridized carbons (Fsp3) is 0.263. The number of aromatic nitrogens is 5. The second kappa shape index (κ2) is 8.39. The number of carbonyl (C=O) groups is 1. The number of rotatable bonds is 7. The highest BCUT2D eigenvalue weighted by Crippen LogP contribution is 2.25. The van der Waals surface area contributed by atoms with E-state index in [1.54, 1.807) is 22.9 Å². The minimum Gasteiger partial charge on any atom is -0.322 e. The van der Waals surface area contributed by atoms with Crippen LogP contribution in [0.1, 0.15) is 11.4 Å². The topological polar surface area (TPSA) is 77.6 Å². The van der Waals surface area contributed by atoms with Crippen molar-refractivity contribution >= 4 is 23.4 Å². The number of benzene rings is 1. The summed E-state index contributed by atoms with van der Waals surface area (Å²) in [7, 11) is 1.83. The summed E-state index contributed by atoms with van der Waals surface area (Å²) < 4.78 is 16.8. The van der Waals surface area contributed by atoms with E-state index < -0.39 is 0 Å². The summed E-state index contributed by atoms with van der Waals surface area (Å²) in [6, 6.07) is 6.05. The Balaban J connectivity index is 1.74. The van der Waals surface area contributed by atoms with Crippen LogP contribution in [0.15, 0.2) is 42.1 Å². The van der Waals surface area contributed by atoms with Crippen LogP contribution in [-0.4, -0.2) is 36.2 Å². The number of hydrogen-bond acceptors (Lipinski definition) is 5. The smallest absolute Gasteiger partial charge is 0.234 e. The van der Waals surface area contributed by atoms with E-state index in [9.17, 15) is 9.18 Å². The van der Waals surface area contributed by atoms with Crippen molar-refractivity contribution in [3.05, 3.63) is 54.1 Å². The van der Waals surface area contributed by atoms with E-state index in [0.717, 1.165) is 22.6 Å². The maximum atomic E-state index is 13.2. The molecule has 1 aromatic carbocycles. The van der Waals surface area contributed by atoms with Crippen molar-refractivity contribution < 1.29 is 9.18 Å². The molecule has 0 saturated heterocycles. The van der Waals surface area contributed by atoms with E-state index in [2.05, 4.69) is 27.2 Å². The lowest BCUT2D eigenvalue weighted by molar-refractivity contribution is -0.113. The summed E-state index contributed by atoms with van der Waals surface area (Å²) in [4.78, 5) is 12.4. The van der Waals surface area contributed by atoms with Crippen LogP contribution in [0.2, 0.25) is 0 Å². The predicted molar refractivity (Wildman–Crippen MR) is 108 cm³/mol. The van der Waals surface area contributed by atoms with Gasteiger partial charge in [-0.1, -0.05) is 17.8 Å². The first-order valence-electron chi connectivity index (χ1n) is 8.63. The summed E-state index contributed by atoms with van der Waals surface area (Å²) in [6.45, 7) is 7.99. The van der Waals surface area contributed by atoms with Crippen LogP contribution in [0, 0.1) is 19.7 Å². The lowest BCUT2D eigenvalue weighted by atomic mass is 10.2. The Bertz CT molecular complexity index is 1010. The molecule has 0 atom stereocenters. The highest BCUT2D eigenvalue weighted by atomic mass is 32.2. The van der Waals surface area contributed by atoms with Gasteiger partial charge in [-0.15, -0.1) is 16.8 Å². The molecule has 0 aliphatic heterocycles. The molecular formula is C19H21FN6OS. The van der Waals surface area contributed by atoms with E-state index in [4.69, 9.17) is 0 Å². The van der Waals surface area contributed by atoms with Gasteiger partial charge < -0.3 is 5.32 Å². The van der Waals surface area contributed by atoms with Crippen molar-refractivity contribution in [2.45, 2.75) is 25.5 Å². The van der Waals surface area contributed by atoms with Gasteiger partial charge in [0.05, 0.1) is 22.8 Å². The number of anilines is 1. The number of carbonyl (C=O) groups excluding carboxylic acids is 1. The number of amides is 1. The molecule has 2 heterocycles. The van der Waals surface area contributed by atoms with Crippen LogP contribution in [0.4, 0.5) is 10.1 Å². The predicted octanol–water partition coefficient (Wildman–Crippen LogP) is 3.35. The third kappa shape index (κ3) is 4.14. The molecule has 146 valence electrons. The van der Waals surface area contributed by atoms with Gasteiger partial charge in [0, 0.05) is 19.2 Å². The summed E-state index contributed by atoms with van der Waals surface area (Å²) in [5.41, 5.74) is 3.14. The molecule has 2 aromatic heterocycles. The van der Waals surface area contributed by atoms with Crippen molar-refractivity contribution in [2.24, 2.45) is 7.05 Å². The average Bonchev–Trinajstić information content (AvgIpc) is 3.17. The van der Waals surface area contributed by atoms with Crippen LogP contribution in [-0.2, 0) is 18.4 Å². The third-order valence-electron chi connectivity index (χ3n) is 4.24. The molecule has 0 radical (unpaired) electrons. The molecule has 0 bridgehead atoms. The molecule has 0 spiro atoms. The van der Waals surface area contributed by atoms with Crippen molar-refractivity contribution in [3.63, 3.8) is 0 Å². The molecule has 9 heteroatoms. The Hall–Kier alpha value is -2.94. The first kappa shape index (κ1) is 19.8. The molecule has 1 amide bonds. The van der Waals surface area contributed by atoms with Crippen LogP contribution < -0.4 is 5.32 Å². The largest absolute Gasteiger partial charge is 0.322 e. The second-order valence-corrected chi connectivity index (χ2v) is 7.16. The molecule has 1 N–H and O–H groups in total. The highest BCUT2D eigenvalue weighted by molar-refractivity contribution is 7.99. The quantitative estimate of drug-likeness (QED) is 0.486. The number of hydrogen-bond donors (Lipinski definition) is 1. The molecular weight excluding hydrogens is 379 g/mol. The van der Waals surface area contributed by atoms with Crippen molar-refractivity contribution in [1.29, 1.82) is 0 Å². The Morgan fingerprint density at radius 3 is 2.61 bits per heavy atom. The van der Waals surface area contributed by atoms with Gasteiger partial charge in [-0.25, -0.2) is 4.39 Å². The van der Waals surface area contributed by atoms with Crippen molar-refractivity contribution in [1.82, 2.24) is 24.5 Å². The number of allylic oxidation sites excluding steroid dienone is 1. The zero-order valence-electron chi connectivity index (χ0n) is 15.9. The Labute approximate surface area is 166 Å². The SMILES string of the molecule is C=CCn1c(SCC(=O)Nc2c(C)nn(C)c2C)nnc1-c1ccc(F)cc1. The van der Waals surface area contributed by atoms with Gasteiger partial charge in [-0.05, 0) is 38.1 Å². The average molecular weight is 400 g/mol. The first-order valence-corrected chi connectivity index (χ1v) is 9.62. The Kier molecular flexibility index (Phi) is 5.93. The summed E-state index contributed by atoms with van der Waals surface area (Å²) >= 11 is 1.28. The van der Waals surface area contributed by atoms with Gasteiger partial charge in [-0.2, -0.15) is 5.10 Å². The van der Waals surface area contributed by atoms with E-state index >= 15 is 0 Å². The first-order chi connectivity index (χ1) is 13.4. The highest BCUT2D eigenvalue weighted by Gasteiger charge is 2.17. The molecule has 3 rings (SSSR count). The molecule has 0 fully saturated rings. The summed E-state index contributed by atoms with van der Waals surface area (Å²) in [5.74, 6) is 0.306. The molecule has 3 aromatic rings. The normalized spacial score (nSPS) is 10.9. The number of nitrogens with zero attached hydrogens (tertiary/aromatic N) is 5. The van der Waals surface area contributed by atoms with Crippen LogP contribution >= 0.6 is 11.8 Å². The Morgan fingerprint density at radius 2 is 2.00 bits per heavy atom. The maximum Gasteiger partial charge on any atom is 0.234 e. The lowest BCUT2D eigenvalue weighted by Crippen LogP contribution is -2.15. The zero-order chi connectivity index (χ0) is 20.3. The zero-order valence-corrected chi connectivity index (χ0v) is 16.8. The van der Waals surface area contributed by atoms with Gasteiger partial charge in [0.1, 0.15) is 5.82 Å². The minimum atomic E-state index is -0.314. The molecule has 0 aliphatic rings. The van der Waals surface area contributed by atoms with Gasteiger partial charge in [0.25, 0.3) is 0 Å². The number of aryl methyl sites for hydroxylation is 2. The summed E-state index contributed by atoms with van der Waals surface area (Å²) in [6.07, 6.45) is 1.73. The standard InChI is InChI=1S/C19H21FN6OS/c1-5-10-26-18(14-6-8-15(20)9-7-14)22-23-19(26)28-11-16(27)21-17-12(2)24-25(4)13(17)3/h5-9H,1,10-11H2,2-4H3,(H,21,27). The molecule has 28 heavy (non-hydrogen) atoms. The van der Waals surface area contributed by atoms with E-state index in [-0.39, 0.29) is 17.5 Å². The van der Waals surface area contributed by atoms with Gasteiger partial charge >= 0.3 is 0 Å². The van der Waals surface area contributed by atoms with Gasteiger partial charge in [0.15, 0.2) is 11.0 Å². The maximum absolute atomic E-state index is 13.2. The van der Waals surface area contributed by atoms with Crippen LogP contribution in [0.25, 0.3) is 11.4 Å². The van der Waals surface area contributed by atoms with Gasteiger partial charge in [-0.3, -0.25) is 14.0 Å². The molecule has 0 unspecified atom stereocenters. The Morgan fingerprint density at radius 1 is 1.29 bits per heavy atom. The monoisotopic (exact) mass is 400 g/mol. The molecule has 7 nitrogen and oxygen atoms in total. The number of halogens is 1. The summed E-state index contributed by atoms with van der Waals surface area (Å²) in [5, 5.41) is 16.2. The van der Waals surface area contributed by atoms with E-state index in [1.807, 2.05) is 25.5 Å². The van der Waals surface area contributed by atoms with Gasteiger partial charge in [0.2, 0.25) is 5.91 Å². The molecule has 0 saturated carbocycles. The fourth-order valence-electron chi connectivity index (χ4n) is 2.76. The van der Waals surface area contributed by atoms with E-state index in [0.29, 0.717) is 17.5 Å². The fourth-order valence-corrected chi connectivity index (χ4v) is 3.51. The van der Waals surface area contributed by atoms with Crippen LogP contribution in [0.3, 0.4) is 0 Å². The number of thioether (sulfide) groups is 1. The lowest BCUT2D eigenvalue weighted by Gasteiger charge is -2.08. The number of nitrogens with one attached hydrogen (secondary N) is 1. The van der Waals surface area contributed by atoms with Crippen molar-refractivity contribution in [3.8, 4) is 11.4 Å². The molecule has 0 aliphatic carbocycles. The second-order valence-electron chi connectivity index (χ2n) is 6.22.